The number of nitrogens with one attached hydrogen (secondary N) is 1. The van der Waals surface area contributed by atoms with Gasteiger partial charge in [-0.15, -0.1) is 0 Å². The third-order valence-corrected chi connectivity index (χ3v) is 3.95. The van der Waals surface area contributed by atoms with Crippen LogP contribution in [0.4, 0.5) is 10.1 Å². The number of rotatable bonds is 7. The molecule has 1 unspecified atom stereocenters. The summed E-state index contributed by atoms with van der Waals surface area (Å²) in [7, 11) is 0. The average molecular weight is 378 g/mol. The zero-order valence-electron chi connectivity index (χ0n) is 15.3. The van der Waals surface area contributed by atoms with Gasteiger partial charge in [0.1, 0.15) is 5.82 Å². The molecule has 9 heteroatoms. The Morgan fingerprint density at radius 2 is 2.00 bits per heavy atom. The number of nitro benzene ring substituents is 1. The summed E-state index contributed by atoms with van der Waals surface area (Å²) in [4.78, 5) is 37.9. The first kappa shape index (κ1) is 20.1. The van der Waals surface area contributed by atoms with Crippen LogP contribution >= 0.6 is 0 Å². The van der Waals surface area contributed by atoms with Crippen LogP contribution in [0.2, 0.25) is 0 Å². The molecule has 1 N–H and O–H groups in total. The van der Waals surface area contributed by atoms with Gasteiger partial charge in [-0.25, -0.2) is 9.18 Å². The van der Waals surface area contributed by atoms with Crippen molar-refractivity contribution in [2.45, 2.75) is 33.8 Å². The molecule has 27 heavy (non-hydrogen) atoms. The average Bonchev–Trinajstić information content (AvgIpc) is 2.88. The number of carbonyl (C=O) groups is 2. The fourth-order valence-corrected chi connectivity index (χ4v) is 2.69. The monoisotopic (exact) mass is 378 g/mol. The Bertz CT molecular complexity index is 905. The molecule has 0 aliphatic carbocycles. The van der Waals surface area contributed by atoms with Crippen LogP contribution in [0.15, 0.2) is 18.2 Å². The van der Waals surface area contributed by atoms with Crippen LogP contribution < -0.4 is 4.74 Å². The molecule has 0 saturated heterocycles. The van der Waals surface area contributed by atoms with E-state index in [2.05, 4.69) is 4.98 Å². The number of carbonyl (C=O) groups excluding carboxylic acids is 2. The Morgan fingerprint density at radius 1 is 1.33 bits per heavy atom. The quantitative estimate of drug-likeness (QED) is 0.342. The van der Waals surface area contributed by atoms with E-state index in [1.54, 1.807) is 20.8 Å². The van der Waals surface area contributed by atoms with Gasteiger partial charge in [-0.05, 0) is 39.3 Å². The van der Waals surface area contributed by atoms with E-state index in [1.165, 1.54) is 6.92 Å². The Morgan fingerprint density at radius 3 is 2.59 bits per heavy atom. The van der Waals surface area contributed by atoms with Crippen molar-refractivity contribution in [2.75, 3.05) is 6.61 Å². The number of nitro groups is 1. The van der Waals surface area contributed by atoms with Crippen molar-refractivity contribution in [2.24, 2.45) is 0 Å². The lowest BCUT2D eigenvalue weighted by Gasteiger charge is -2.13. The zero-order chi connectivity index (χ0) is 20.3. The van der Waals surface area contributed by atoms with Crippen LogP contribution in [0, 0.1) is 29.8 Å². The molecule has 1 atom stereocenters. The number of benzene rings is 1. The maximum Gasteiger partial charge on any atom is 0.340 e. The fraction of sp³-hybridized carbons (Fsp3) is 0.333. The molecule has 1 heterocycles. The third-order valence-electron chi connectivity index (χ3n) is 3.95. The minimum atomic E-state index is -1.16. The van der Waals surface area contributed by atoms with Gasteiger partial charge < -0.3 is 14.5 Å². The predicted molar refractivity (Wildman–Crippen MR) is 93.7 cm³/mol. The van der Waals surface area contributed by atoms with Crippen LogP contribution in [-0.2, 0) is 4.74 Å². The number of halogens is 1. The SMILES string of the molecule is CCOC(=O)c1c(C)[nH]c(C(=O)C(C)Oc2cc(F)ccc2[N+](=O)[O-])c1C. The van der Waals surface area contributed by atoms with E-state index in [0.717, 1.165) is 18.2 Å². The summed E-state index contributed by atoms with van der Waals surface area (Å²) in [5.41, 5.74) is 0.771. The molecule has 2 rings (SSSR count). The minimum Gasteiger partial charge on any atom is -0.475 e. The van der Waals surface area contributed by atoms with E-state index in [0.29, 0.717) is 11.3 Å². The van der Waals surface area contributed by atoms with Gasteiger partial charge in [-0.3, -0.25) is 14.9 Å². The molecule has 0 bridgehead atoms. The summed E-state index contributed by atoms with van der Waals surface area (Å²) in [6.07, 6.45) is -1.16. The number of ketones is 1. The topological polar surface area (TPSA) is 112 Å². The number of hydrogen-bond acceptors (Lipinski definition) is 6. The lowest BCUT2D eigenvalue weighted by molar-refractivity contribution is -0.386. The first-order valence-electron chi connectivity index (χ1n) is 8.18. The van der Waals surface area contributed by atoms with Gasteiger partial charge in [-0.1, -0.05) is 0 Å². The highest BCUT2D eigenvalue weighted by Crippen LogP contribution is 2.29. The zero-order valence-corrected chi connectivity index (χ0v) is 15.3. The van der Waals surface area contributed by atoms with Gasteiger partial charge in [0.05, 0.1) is 22.8 Å². The van der Waals surface area contributed by atoms with E-state index in [4.69, 9.17) is 9.47 Å². The molecule has 1 aromatic heterocycles. The number of aromatic amines is 1. The second-order valence-corrected chi connectivity index (χ2v) is 5.84. The molecular weight excluding hydrogens is 359 g/mol. The molecule has 0 fully saturated rings. The summed E-state index contributed by atoms with van der Waals surface area (Å²) < 4.78 is 23.7. The summed E-state index contributed by atoms with van der Waals surface area (Å²) in [5, 5.41) is 11.1. The smallest absolute Gasteiger partial charge is 0.340 e. The largest absolute Gasteiger partial charge is 0.475 e. The number of esters is 1. The number of aryl methyl sites for hydroxylation is 1. The normalized spacial score (nSPS) is 11.7. The fourth-order valence-electron chi connectivity index (χ4n) is 2.69. The standard InChI is InChI=1S/C18H19FN2O6/c1-5-26-18(23)15-9(2)16(20-10(15)3)17(22)11(4)27-14-8-12(19)6-7-13(14)21(24)25/h6-8,11,20H,5H2,1-4H3. The Balaban J connectivity index is 2.32. The number of Topliss-reactive ketones (excluding diaryl/α,β-unsaturated/α-hetero) is 1. The van der Waals surface area contributed by atoms with E-state index in [-0.39, 0.29) is 23.6 Å². The van der Waals surface area contributed by atoms with Gasteiger partial charge in [0.25, 0.3) is 0 Å². The van der Waals surface area contributed by atoms with E-state index < -0.39 is 34.3 Å². The van der Waals surface area contributed by atoms with Crippen molar-refractivity contribution in [3.8, 4) is 5.75 Å². The van der Waals surface area contributed by atoms with Crippen molar-refractivity contribution in [3.05, 3.63) is 56.6 Å². The van der Waals surface area contributed by atoms with Crippen molar-refractivity contribution in [1.82, 2.24) is 4.98 Å². The highest BCUT2D eigenvalue weighted by molar-refractivity contribution is 6.03. The molecule has 0 saturated carbocycles. The van der Waals surface area contributed by atoms with Crippen molar-refractivity contribution >= 4 is 17.4 Å². The molecule has 144 valence electrons. The summed E-state index contributed by atoms with van der Waals surface area (Å²) in [5.74, 6) is -2.18. The van der Waals surface area contributed by atoms with Crippen LogP contribution in [0.3, 0.4) is 0 Å². The minimum absolute atomic E-state index is 0.127. The van der Waals surface area contributed by atoms with Gasteiger partial charge in [0, 0.05) is 17.8 Å². The lowest BCUT2D eigenvalue weighted by atomic mass is 10.1. The molecule has 2 aromatic rings. The second kappa shape index (κ2) is 7.98. The summed E-state index contributed by atoms with van der Waals surface area (Å²) >= 11 is 0. The number of H-pyrrole nitrogens is 1. The second-order valence-electron chi connectivity index (χ2n) is 5.84. The van der Waals surface area contributed by atoms with Gasteiger partial charge >= 0.3 is 11.7 Å². The molecule has 0 aliphatic heterocycles. The maximum absolute atomic E-state index is 13.4. The lowest BCUT2D eigenvalue weighted by Crippen LogP contribution is -2.25. The number of nitrogens with zero attached hydrogens (tertiary/aromatic N) is 1. The van der Waals surface area contributed by atoms with E-state index >= 15 is 0 Å². The highest BCUT2D eigenvalue weighted by Gasteiger charge is 2.28. The summed E-state index contributed by atoms with van der Waals surface area (Å²) in [6, 6.07) is 2.74. The first-order valence-corrected chi connectivity index (χ1v) is 8.18. The molecule has 1 aromatic carbocycles. The molecule has 8 nitrogen and oxygen atoms in total. The number of hydrogen-bond donors (Lipinski definition) is 1. The molecule has 0 spiro atoms. The molecule has 0 amide bonds. The van der Waals surface area contributed by atoms with Crippen molar-refractivity contribution < 1.29 is 28.4 Å². The first-order chi connectivity index (χ1) is 12.7. The Labute approximate surface area is 154 Å². The Hall–Kier alpha value is -3.23. The number of aromatic nitrogens is 1. The molecular formula is C18H19FN2O6. The number of ether oxygens (including phenoxy) is 2. The van der Waals surface area contributed by atoms with Crippen molar-refractivity contribution in [1.29, 1.82) is 0 Å². The molecule has 0 aliphatic rings. The van der Waals surface area contributed by atoms with Crippen molar-refractivity contribution in [3.63, 3.8) is 0 Å². The van der Waals surface area contributed by atoms with Crippen LogP contribution in [0.5, 0.6) is 5.75 Å². The predicted octanol–water partition coefficient (Wildman–Crippen LogP) is 3.51. The van der Waals surface area contributed by atoms with E-state index in [9.17, 15) is 24.1 Å². The van der Waals surface area contributed by atoms with Gasteiger partial charge in [0.2, 0.25) is 11.5 Å². The maximum atomic E-state index is 13.4. The van der Waals surface area contributed by atoms with Gasteiger partial charge in [0.15, 0.2) is 6.10 Å². The Kier molecular flexibility index (Phi) is 5.94. The van der Waals surface area contributed by atoms with E-state index in [1.807, 2.05) is 0 Å². The molecule has 0 radical (unpaired) electrons. The van der Waals surface area contributed by atoms with Crippen LogP contribution in [0.25, 0.3) is 0 Å². The van der Waals surface area contributed by atoms with Crippen LogP contribution in [0.1, 0.15) is 46.0 Å². The third kappa shape index (κ3) is 4.13. The summed E-state index contributed by atoms with van der Waals surface area (Å²) in [6.45, 7) is 6.45. The highest BCUT2D eigenvalue weighted by atomic mass is 19.1. The van der Waals surface area contributed by atoms with Crippen LogP contribution in [-0.4, -0.2) is 34.4 Å². The van der Waals surface area contributed by atoms with Gasteiger partial charge in [-0.2, -0.15) is 0 Å².